The molecule has 1 aromatic heterocycles. The quantitative estimate of drug-likeness (QED) is 0.762. The number of nitrogens with one attached hydrogen (secondary N) is 2. The zero-order valence-electron chi connectivity index (χ0n) is 13.2. The second kappa shape index (κ2) is 8.02. The Morgan fingerprint density at radius 2 is 1.80 bits per heavy atom. The predicted molar refractivity (Wildman–Crippen MR) is 82.4 cm³/mol. The van der Waals surface area contributed by atoms with Crippen LogP contribution in [0.5, 0.6) is 0 Å². The molecule has 4 nitrogen and oxygen atoms in total. The Labute approximate surface area is 121 Å². The Morgan fingerprint density at radius 3 is 2.35 bits per heavy atom. The highest BCUT2D eigenvalue weighted by atomic mass is 19.1. The molecular formula is C15H27FN4. The van der Waals surface area contributed by atoms with E-state index in [2.05, 4.69) is 55.2 Å². The van der Waals surface area contributed by atoms with Crippen molar-refractivity contribution in [1.29, 1.82) is 0 Å². The van der Waals surface area contributed by atoms with Gasteiger partial charge in [0.05, 0.1) is 6.20 Å². The minimum absolute atomic E-state index is 0.282. The van der Waals surface area contributed by atoms with Crippen LogP contribution in [0.3, 0.4) is 0 Å². The predicted octanol–water partition coefficient (Wildman–Crippen LogP) is 3.78. The molecule has 0 spiro atoms. The number of aromatic nitrogens is 2. The van der Waals surface area contributed by atoms with E-state index in [0.29, 0.717) is 23.7 Å². The molecule has 1 heterocycles. The maximum atomic E-state index is 13.7. The van der Waals surface area contributed by atoms with Crippen LogP contribution in [0.15, 0.2) is 6.20 Å². The van der Waals surface area contributed by atoms with Crippen LogP contribution >= 0.6 is 0 Å². The highest BCUT2D eigenvalue weighted by Gasteiger charge is 2.18. The van der Waals surface area contributed by atoms with Crippen molar-refractivity contribution in [2.24, 2.45) is 17.8 Å². The van der Waals surface area contributed by atoms with E-state index in [1.165, 1.54) is 6.20 Å². The molecule has 0 amide bonds. The first-order valence-electron chi connectivity index (χ1n) is 7.46. The minimum atomic E-state index is -0.404. The molecule has 2 N–H and O–H groups in total. The van der Waals surface area contributed by atoms with Crippen LogP contribution in [0.2, 0.25) is 0 Å². The van der Waals surface area contributed by atoms with Crippen molar-refractivity contribution in [1.82, 2.24) is 9.97 Å². The van der Waals surface area contributed by atoms with Crippen molar-refractivity contribution in [2.45, 2.75) is 41.0 Å². The molecule has 0 atom stereocenters. The van der Waals surface area contributed by atoms with Crippen molar-refractivity contribution in [2.75, 3.05) is 23.7 Å². The third kappa shape index (κ3) is 4.94. The molecule has 0 aliphatic carbocycles. The highest BCUT2D eigenvalue weighted by molar-refractivity contribution is 5.41. The molecule has 20 heavy (non-hydrogen) atoms. The molecule has 1 rings (SSSR count). The second-order valence-corrected chi connectivity index (χ2v) is 5.85. The first-order chi connectivity index (χ1) is 9.45. The lowest BCUT2D eigenvalue weighted by Gasteiger charge is -2.25. The summed E-state index contributed by atoms with van der Waals surface area (Å²) in [6, 6.07) is 0. The molecule has 0 saturated carbocycles. The average molecular weight is 282 g/mol. The number of hydrogen-bond donors (Lipinski definition) is 2. The average Bonchev–Trinajstić information content (AvgIpc) is 2.38. The molecule has 0 radical (unpaired) electrons. The van der Waals surface area contributed by atoms with Crippen molar-refractivity contribution >= 4 is 11.8 Å². The zero-order chi connectivity index (χ0) is 15.1. The number of nitrogens with zero attached hydrogens (tertiary/aromatic N) is 2. The van der Waals surface area contributed by atoms with E-state index in [1.54, 1.807) is 0 Å². The number of anilines is 2. The van der Waals surface area contributed by atoms with Gasteiger partial charge in [0.15, 0.2) is 11.6 Å². The molecule has 114 valence electrons. The van der Waals surface area contributed by atoms with E-state index in [0.717, 1.165) is 19.5 Å². The second-order valence-electron chi connectivity index (χ2n) is 5.85. The van der Waals surface area contributed by atoms with Crippen LogP contribution in [0.1, 0.15) is 41.0 Å². The number of halogens is 1. The Morgan fingerprint density at radius 1 is 1.15 bits per heavy atom. The first kappa shape index (κ1) is 16.7. The molecule has 0 bridgehead atoms. The van der Waals surface area contributed by atoms with Crippen LogP contribution in [0.4, 0.5) is 16.2 Å². The van der Waals surface area contributed by atoms with Gasteiger partial charge in [0.1, 0.15) is 0 Å². The van der Waals surface area contributed by atoms with Gasteiger partial charge in [-0.1, -0.05) is 34.6 Å². The van der Waals surface area contributed by atoms with Gasteiger partial charge in [-0.3, -0.25) is 0 Å². The van der Waals surface area contributed by atoms with Gasteiger partial charge in [0.25, 0.3) is 0 Å². The van der Waals surface area contributed by atoms with Gasteiger partial charge in [0, 0.05) is 13.1 Å². The fourth-order valence-electron chi connectivity index (χ4n) is 2.27. The Kier molecular flexibility index (Phi) is 6.68. The lowest BCUT2D eigenvalue weighted by molar-refractivity contribution is 0.304. The van der Waals surface area contributed by atoms with Crippen molar-refractivity contribution in [3.63, 3.8) is 0 Å². The van der Waals surface area contributed by atoms with Crippen LogP contribution in [0, 0.1) is 23.6 Å². The maximum Gasteiger partial charge on any atom is 0.224 e. The molecule has 0 aromatic carbocycles. The fraction of sp³-hybridized carbons (Fsp3) is 0.733. The monoisotopic (exact) mass is 282 g/mol. The molecule has 0 aliphatic heterocycles. The van der Waals surface area contributed by atoms with Gasteiger partial charge in [-0.15, -0.1) is 0 Å². The van der Waals surface area contributed by atoms with Crippen LogP contribution in [-0.2, 0) is 0 Å². The van der Waals surface area contributed by atoms with Gasteiger partial charge in [-0.2, -0.15) is 4.98 Å². The summed E-state index contributed by atoms with van der Waals surface area (Å²) in [7, 11) is 0. The van der Waals surface area contributed by atoms with E-state index in [-0.39, 0.29) is 5.82 Å². The highest BCUT2D eigenvalue weighted by Crippen LogP contribution is 2.21. The van der Waals surface area contributed by atoms with Gasteiger partial charge in [0.2, 0.25) is 5.95 Å². The van der Waals surface area contributed by atoms with Gasteiger partial charge in [-0.25, -0.2) is 9.37 Å². The topological polar surface area (TPSA) is 49.8 Å². The summed E-state index contributed by atoms with van der Waals surface area (Å²) in [5, 5.41) is 6.19. The molecule has 0 aliphatic rings. The van der Waals surface area contributed by atoms with Crippen LogP contribution < -0.4 is 10.6 Å². The summed E-state index contributed by atoms with van der Waals surface area (Å²) in [5.74, 6) is 1.93. The molecular weight excluding hydrogens is 255 g/mol. The number of hydrogen-bond acceptors (Lipinski definition) is 4. The van der Waals surface area contributed by atoms with Gasteiger partial charge < -0.3 is 10.6 Å². The van der Waals surface area contributed by atoms with Crippen molar-refractivity contribution in [3.05, 3.63) is 12.0 Å². The van der Waals surface area contributed by atoms with Gasteiger partial charge in [-0.05, 0) is 24.2 Å². The van der Waals surface area contributed by atoms with Crippen molar-refractivity contribution in [3.8, 4) is 0 Å². The standard InChI is InChI=1S/C15H27FN4/c1-6-7-17-15-19-9-13(16)14(20-15)18-8-12(10(2)3)11(4)5/h9-12H,6-8H2,1-5H3,(H2,17,18,19,20). The van der Waals surface area contributed by atoms with E-state index < -0.39 is 5.82 Å². The maximum absolute atomic E-state index is 13.7. The third-order valence-corrected chi connectivity index (χ3v) is 3.50. The lowest BCUT2D eigenvalue weighted by Crippen LogP contribution is -2.25. The molecule has 0 fully saturated rings. The molecule has 0 unspecified atom stereocenters. The minimum Gasteiger partial charge on any atom is -0.367 e. The normalized spacial score (nSPS) is 11.4. The summed E-state index contributed by atoms with van der Waals surface area (Å²) >= 11 is 0. The Hall–Kier alpha value is -1.39. The smallest absolute Gasteiger partial charge is 0.224 e. The van der Waals surface area contributed by atoms with E-state index in [1.807, 2.05) is 0 Å². The summed E-state index contributed by atoms with van der Waals surface area (Å²) in [4.78, 5) is 8.13. The van der Waals surface area contributed by atoms with Crippen LogP contribution in [0.25, 0.3) is 0 Å². The van der Waals surface area contributed by atoms with E-state index >= 15 is 0 Å². The summed E-state index contributed by atoms with van der Waals surface area (Å²) < 4.78 is 13.7. The Balaban J connectivity index is 2.70. The largest absolute Gasteiger partial charge is 0.367 e. The lowest BCUT2D eigenvalue weighted by atomic mass is 9.85. The summed E-state index contributed by atoms with van der Waals surface area (Å²) in [6.07, 6.45) is 2.19. The number of rotatable bonds is 8. The van der Waals surface area contributed by atoms with E-state index in [4.69, 9.17) is 0 Å². The van der Waals surface area contributed by atoms with Gasteiger partial charge >= 0.3 is 0 Å². The molecule has 5 heteroatoms. The summed E-state index contributed by atoms with van der Waals surface area (Å²) in [5.41, 5.74) is 0. The molecule has 1 aromatic rings. The Bertz CT molecular complexity index is 399. The zero-order valence-corrected chi connectivity index (χ0v) is 13.2. The van der Waals surface area contributed by atoms with Crippen molar-refractivity contribution < 1.29 is 4.39 Å². The fourth-order valence-corrected chi connectivity index (χ4v) is 2.27. The summed E-state index contributed by atoms with van der Waals surface area (Å²) in [6.45, 7) is 12.3. The first-order valence-corrected chi connectivity index (χ1v) is 7.46. The van der Waals surface area contributed by atoms with E-state index in [9.17, 15) is 4.39 Å². The SMILES string of the molecule is CCCNc1ncc(F)c(NCC(C(C)C)C(C)C)n1. The third-order valence-electron chi connectivity index (χ3n) is 3.50. The van der Waals surface area contributed by atoms with Crippen LogP contribution in [-0.4, -0.2) is 23.1 Å². The molecule has 0 saturated heterocycles.